The number of nitrogens with zero attached hydrogens (tertiary/aromatic N) is 3. The van der Waals surface area contributed by atoms with Crippen LogP contribution in [0.5, 0.6) is 5.75 Å². The number of hydrogen-bond donors (Lipinski definition) is 1. The maximum absolute atomic E-state index is 12.7. The van der Waals surface area contributed by atoms with Gasteiger partial charge in [-0.05, 0) is 38.5 Å². The van der Waals surface area contributed by atoms with Crippen LogP contribution in [-0.4, -0.2) is 33.3 Å². The number of fused-ring (bicyclic) bond motifs is 1. The third kappa shape index (κ3) is 4.56. The lowest BCUT2D eigenvalue weighted by molar-refractivity contribution is 0.341. The molecule has 0 saturated carbocycles. The Bertz CT molecular complexity index is 981. The molecule has 28 heavy (non-hydrogen) atoms. The molecular weight excluding hydrogens is 376 g/mol. The van der Waals surface area contributed by atoms with E-state index in [1.165, 1.54) is 12.0 Å². The van der Waals surface area contributed by atoms with Crippen LogP contribution in [0.4, 0.5) is 0 Å². The molecule has 0 atom stereocenters. The average molecular weight is 407 g/mol. The highest BCUT2D eigenvalue weighted by atomic mass is 32.2. The summed E-state index contributed by atoms with van der Waals surface area (Å²) in [7, 11) is 1.61. The van der Waals surface area contributed by atoms with Crippen LogP contribution in [0.2, 0.25) is 0 Å². The van der Waals surface area contributed by atoms with Gasteiger partial charge >= 0.3 is 0 Å². The fraction of sp³-hybridized carbons (Fsp3) is 0.450. The quantitative estimate of drug-likeness (QED) is 0.574. The van der Waals surface area contributed by atoms with Crippen LogP contribution in [-0.2, 0) is 10.6 Å². The SMILES string of the molecule is C.C.CCCc1nc(C)c2c(=O)[nH]c(-c3cc(SOC)ccc3OCC)nn12. The van der Waals surface area contributed by atoms with E-state index in [4.69, 9.17) is 8.92 Å². The van der Waals surface area contributed by atoms with Crippen molar-refractivity contribution in [1.29, 1.82) is 0 Å². The molecule has 1 N–H and O–H groups in total. The summed E-state index contributed by atoms with van der Waals surface area (Å²) in [6.45, 7) is 6.33. The number of aromatic nitrogens is 4. The monoisotopic (exact) mass is 406 g/mol. The van der Waals surface area contributed by atoms with E-state index < -0.39 is 0 Å². The van der Waals surface area contributed by atoms with Gasteiger partial charge in [0.15, 0.2) is 11.3 Å². The van der Waals surface area contributed by atoms with E-state index >= 15 is 0 Å². The Balaban J connectivity index is 0.00000196. The molecule has 2 heterocycles. The van der Waals surface area contributed by atoms with Crippen molar-refractivity contribution in [1.82, 2.24) is 19.6 Å². The zero-order valence-electron chi connectivity index (χ0n) is 15.3. The van der Waals surface area contributed by atoms with E-state index in [0.717, 1.165) is 23.6 Å². The molecule has 8 heteroatoms. The van der Waals surface area contributed by atoms with Crippen molar-refractivity contribution in [3.05, 3.63) is 40.1 Å². The molecule has 0 aliphatic heterocycles. The third-order valence-corrected chi connectivity index (χ3v) is 4.51. The van der Waals surface area contributed by atoms with Gasteiger partial charge in [-0.15, -0.1) is 5.10 Å². The highest BCUT2D eigenvalue weighted by Crippen LogP contribution is 2.32. The molecule has 0 saturated heterocycles. The minimum absolute atomic E-state index is 0. The van der Waals surface area contributed by atoms with Gasteiger partial charge in [-0.3, -0.25) is 4.79 Å². The van der Waals surface area contributed by atoms with Crippen LogP contribution in [0.25, 0.3) is 16.9 Å². The van der Waals surface area contributed by atoms with Crippen LogP contribution in [0.15, 0.2) is 27.9 Å². The van der Waals surface area contributed by atoms with Crippen molar-refractivity contribution in [2.75, 3.05) is 13.7 Å². The Morgan fingerprint density at radius 2 is 2.00 bits per heavy atom. The second-order valence-corrected chi connectivity index (χ2v) is 6.74. The highest BCUT2D eigenvalue weighted by Gasteiger charge is 2.17. The van der Waals surface area contributed by atoms with Gasteiger partial charge in [-0.2, -0.15) is 0 Å². The van der Waals surface area contributed by atoms with Crippen molar-refractivity contribution in [3.63, 3.8) is 0 Å². The van der Waals surface area contributed by atoms with Gasteiger partial charge in [0, 0.05) is 23.4 Å². The van der Waals surface area contributed by atoms with Crippen molar-refractivity contribution in [3.8, 4) is 17.1 Å². The van der Waals surface area contributed by atoms with Crippen molar-refractivity contribution >= 4 is 17.6 Å². The smallest absolute Gasteiger partial charge is 0.277 e. The Labute approximate surface area is 170 Å². The summed E-state index contributed by atoms with van der Waals surface area (Å²) in [6, 6.07) is 5.66. The molecule has 2 aromatic heterocycles. The maximum atomic E-state index is 12.7. The summed E-state index contributed by atoms with van der Waals surface area (Å²) in [5.74, 6) is 1.89. The zero-order valence-corrected chi connectivity index (χ0v) is 16.1. The van der Waals surface area contributed by atoms with E-state index in [2.05, 4.69) is 22.0 Å². The summed E-state index contributed by atoms with van der Waals surface area (Å²) in [6.07, 6.45) is 1.68. The number of rotatable bonds is 7. The minimum atomic E-state index is -0.213. The lowest BCUT2D eigenvalue weighted by atomic mass is 10.2. The minimum Gasteiger partial charge on any atom is -0.493 e. The predicted molar refractivity (Wildman–Crippen MR) is 115 cm³/mol. The number of aryl methyl sites for hydroxylation is 2. The van der Waals surface area contributed by atoms with E-state index in [-0.39, 0.29) is 20.4 Å². The molecule has 0 bridgehead atoms. The Morgan fingerprint density at radius 1 is 1.25 bits per heavy atom. The third-order valence-electron chi connectivity index (χ3n) is 3.90. The highest BCUT2D eigenvalue weighted by molar-refractivity contribution is 7.94. The predicted octanol–water partition coefficient (Wildman–Crippen LogP) is 4.67. The van der Waals surface area contributed by atoms with Gasteiger partial charge in [0.2, 0.25) is 0 Å². The second kappa shape index (κ2) is 10.3. The van der Waals surface area contributed by atoms with Gasteiger partial charge in [-0.1, -0.05) is 21.8 Å². The summed E-state index contributed by atoms with van der Waals surface area (Å²) < 4.78 is 12.5. The first kappa shape index (κ1) is 23.7. The Kier molecular flexibility index (Phi) is 8.71. The molecule has 0 fully saturated rings. The van der Waals surface area contributed by atoms with Crippen LogP contribution in [0.3, 0.4) is 0 Å². The first-order valence-corrected chi connectivity index (χ1v) is 9.29. The molecule has 1 aromatic carbocycles. The number of H-pyrrole nitrogens is 1. The average Bonchev–Trinajstić information content (AvgIpc) is 2.93. The van der Waals surface area contributed by atoms with Crippen molar-refractivity contribution in [2.45, 2.75) is 53.4 Å². The lowest BCUT2D eigenvalue weighted by Crippen LogP contribution is -2.16. The first-order valence-electron chi connectivity index (χ1n) is 8.55. The van der Waals surface area contributed by atoms with Gasteiger partial charge in [-0.25, -0.2) is 9.50 Å². The largest absolute Gasteiger partial charge is 0.493 e. The summed E-state index contributed by atoms with van der Waals surface area (Å²) >= 11 is 1.24. The first-order chi connectivity index (χ1) is 12.6. The van der Waals surface area contributed by atoms with E-state index in [1.807, 2.05) is 32.0 Å². The topological polar surface area (TPSA) is 81.5 Å². The number of ether oxygens (including phenoxy) is 1. The van der Waals surface area contributed by atoms with Crippen LogP contribution in [0.1, 0.15) is 46.6 Å². The number of imidazole rings is 1. The van der Waals surface area contributed by atoms with Crippen molar-refractivity contribution < 1.29 is 8.92 Å². The van der Waals surface area contributed by atoms with E-state index in [1.54, 1.807) is 11.6 Å². The van der Waals surface area contributed by atoms with Gasteiger partial charge in [0.25, 0.3) is 5.56 Å². The van der Waals surface area contributed by atoms with Crippen LogP contribution in [0, 0.1) is 6.92 Å². The van der Waals surface area contributed by atoms with E-state index in [9.17, 15) is 4.79 Å². The van der Waals surface area contributed by atoms with Gasteiger partial charge < -0.3 is 13.9 Å². The van der Waals surface area contributed by atoms with E-state index in [0.29, 0.717) is 35.0 Å². The molecule has 0 aliphatic carbocycles. The number of aromatic amines is 1. The fourth-order valence-corrected chi connectivity index (χ4v) is 3.35. The van der Waals surface area contributed by atoms with Gasteiger partial charge in [0.05, 0.1) is 25.0 Å². The van der Waals surface area contributed by atoms with Crippen LogP contribution >= 0.6 is 12.0 Å². The molecule has 0 radical (unpaired) electrons. The molecule has 0 aliphatic rings. The summed E-state index contributed by atoms with van der Waals surface area (Å²) in [4.78, 5) is 20.9. The molecular formula is C20H30N4O3S. The molecule has 0 unspecified atom stereocenters. The lowest BCUT2D eigenvalue weighted by Gasteiger charge is -2.11. The standard InChI is InChI=1S/C18H22N4O3S.2CH4/c1-5-7-15-19-11(3)16-18(23)20-17(21-22(15)16)13-10-12(26-24-4)8-9-14(13)25-6-2;;/h8-10H,5-7H2,1-4H3,(H,20,21,23);2*1H4. The summed E-state index contributed by atoms with van der Waals surface area (Å²) in [5.41, 5.74) is 1.66. The number of benzene rings is 1. The second-order valence-electron chi connectivity index (χ2n) is 5.77. The Morgan fingerprint density at radius 3 is 2.64 bits per heavy atom. The maximum Gasteiger partial charge on any atom is 0.277 e. The molecule has 0 amide bonds. The molecule has 3 rings (SSSR count). The van der Waals surface area contributed by atoms with Gasteiger partial charge in [0.1, 0.15) is 11.6 Å². The Hall–Kier alpha value is -2.32. The van der Waals surface area contributed by atoms with Crippen molar-refractivity contribution in [2.24, 2.45) is 0 Å². The molecule has 154 valence electrons. The number of nitrogens with one attached hydrogen (secondary N) is 1. The molecule has 7 nitrogen and oxygen atoms in total. The number of hydrogen-bond acceptors (Lipinski definition) is 6. The summed E-state index contributed by atoms with van der Waals surface area (Å²) in [5, 5.41) is 4.66. The molecule has 3 aromatic rings. The molecule has 0 spiro atoms. The van der Waals surface area contributed by atoms with Crippen LogP contribution < -0.4 is 10.3 Å². The fourth-order valence-electron chi connectivity index (χ4n) is 2.87. The normalized spacial score (nSPS) is 10.4. The zero-order chi connectivity index (χ0) is 18.7.